The van der Waals surface area contributed by atoms with Crippen LogP contribution in [0, 0.1) is 13.8 Å². The zero-order valence-electron chi connectivity index (χ0n) is 25.0. The van der Waals surface area contributed by atoms with Crippen molar-refractivity contribution in [2.75, 3.05) is 13.7 Å². The molecule has 0 saturated heterocycles. The number of benzene rings is 3. The van der Waals surface area contributed by atoms with Gasteiger partial charge in [0, 0.05) is 22.6 Å². The first-order valence-electron chi connectivity index (χ1n) is 14.3. The number of ether oxygens (including phenoxy) is 2. The number of methoxy groups -OCH3 is 1. The highest BCUT2D eigenvalue weighted by Crippen LogP contribution is 2.36. The van der Waals surface area contributed by atoms with E-state index in [4.69, 9.17) is 37.7 Å². The lowest BCUT2D eigenvalue weighted by Crippen LogP contribution is -2.40. The number of esters is 1. The number of aromatic nitrogens is 2. The van der Waals surface area contributed by atoms with Gasteiger partial charge in [-0.05, 0) is 74.4 Å². The minimum atomic E-state index is -0.795. The Labute approximate surface area is 273 Å². The molecule has 45 heavy (non-hydrogen) atoms. The largest absolute Gasteiger partial charge is 0.497 e. The molecule has 0 saturated carbocycles. The van der Waals surface area contributed by atoms with E-state index in [0.29, 0.717) is 36.4 Å². The van der Waals surface area contributed by atoms with E-state index in [1.165, 1.54) is 11.3 Å². The van der Waals surface area contributed by atoms with Gasteiger partial charge in [-0.1, -0.05) is 77.0 Å². The first kappa shape index (κ1) is 30.6. The van der Waals surface area contributed by atoms with Gasteiger partial charge in [-0.15, -0.1) is 0 Å². The van der Waals surface area contributed by atoms with Crippen LogP contribution in [0.4, 0.5) is 0 Å². The fourth-order valence-corrected chi connectivity index (χ4v) is 6.95. The molecule has 5 aromatic rings. The molecule has 0 aliphatic carbocycles. The van der Waals surface area contributed by atoms with Crippen LogP contribution in [0.1, 0.15) is 41.0 Å². The van der Waals surface area contributed by atoms with Gasteiger partial charge in [-0.25, -0.2) is 9.79 Å². The highest BCUT2D eigenvalue weighted by molar-refractivity contribution is 7.07. The van der Waals surface area contributed by atoms with Crippen LogP contribution in [0.2, 0.25) is 10.0 Å². The van der Waals surface area contributed by atoms with Crippen LogP contribution in [0.3, 0.4) is 0 Å². The van der Waals surface area contributed by atoms with E-state index >= 15 is 0 Å². The summed E-state index contributed by atoms with van der Waals surface area (Å²) in [5, 5.41) is 0.938. The smallest absolute Gasteiger partial charge is 0.338 e. The molecule has 0 bridgehead atoms. The van der Waals surface area contributed by atoms with Crippen molar-refractivity contribution in [2.24, 2.45) is 4.99 Å². The molecule has 0 radical (unpaired) electrons. The van der Waals surface area contributed by atoms with Crippen molar-refractivity contribution in [3.63, 3.8) is 0 Å². The number of halogens is 2. The second-order valence-corrected chi connectivity index (χ2v) is 12.3. The molecule has 1 aliphatic rings. The molecule has 0 amide bonds. The third-order valence-corrected chi connectivity index (χ3v) is 9.42. The molecule has 10 heteroatoms. The van der Waals surface area contributed by atoms with Crippen molar-refractivity contribution < 1.29 is 14.3 Å². The number of nitrogens with zero attached hydrogens (tertiary/aromatic N) is 3. The molecule has 1 atom stereocenters. The third kappa shape index (κ3) is 5.65. The summed E-state index contributed by atoms with van der Waals surface area (Å²) in [6.45, 7) is 5.91. The SMILES string of the molecule is CCOC(=O)C1=C(c2ccccc2)N=c2s/c(=C\c3cc(C)n(-c4ccc(Cl)c(Cl)c4)c3C)c(=O)n2[C@@H]1c1cccc(OC)c1. The number of hydrogen-bond donors (Lipinski definition) is 0. The highest BCUT2D eigenvalue weighted by atomic mass is 35.5. The van der Waals surface area contributed by atoms with Gasteiger partial charge in [-0.2, -0.15) is 0 Å². The molecular formula is C35H29Cl2N3O4S. The lowest BCUT2D eigenvalue weighted by atomic mass is 9.93. The molecule has 6 rings (SSSR count). The molecule has 228 valence electrons. The summed E-state index contributed by atoms with van der Waals surface area (Å²) in [4.78, 5) is 33.4. The Bertz CT molecular complexity index is 2160. The maximum absolute atomic E-state index is 14.3. The van der Waals surface area contributed by atoms with E-state index in [2.05, 4.69) is 4.57 Å². The first-order valence-corrected chi connectivity index (χ1v) is 15.9. The molecule has 2 aromatic heterocycles. The molecule has 0 N–H and O–H groups in total. The number of fused-ring (bicyclic) bond motifs is 1. The fourth-order valence-electron chi connectivity index (χ4n) is 5.66. The lowest BCUT2D eigenvalue weighted by molar-refractivity contribution is -0.138. The molecule has 0 spiro atoms. The Balaban J connectivity index is 1.60. The van der Waals surface area contributed by atoms with Gasteiger partial charge in [0.2, 0.25) is 0 Å². The van der Waals surface area contributed by atoms with E-state index in [0.717, 1.165) is 28.2 Å². The van der Waals surface area contributed by atoms with E-state index < -0.39 is 12.0 Å². The number of carbonyl (C=O) groups is 1. The first-order chi connectivity index (χ1) is 21.7. The maximum Gasteiger partial charge on any atom is 0.338 e. The van der Waals surface area contributed by atoms with Crippen molar-refractivity contribution in [3.8, 4) is 11.4 Å². The van der Waals surface area contributed by atoms with Gasteiger partial charge in [0.15, 0.2) is 4.80 Å². The van der Waals surface area contributed by atoms with Gasteiger partial charge in [0.25, 0.3) is 5.56 Å². The summed E-state index contributed by atoms with van der Waals surface area (Å²) in [6.07, 6.45) is 1.87. The fraction of sp³-hybridized carbons (Fsp3) is 0.171. The minimum absolute atomic E-state index is 0.175. The van der Waals surface area contributed by atoms with Crippen LogP contribution in [0.5, 0.6) is 5.75 Å². The van der Waals surface area contributed by atoms with E-state index in [9.17, 15) is 9.59 Å². The van der Waals surface area contributed by atoms with Crippen molar-refractivity contribution in [2.45, 2.75) is 26.8 Å². The molecule has 0 unspecified atom stereocenters. The minimum Gasteiger partial charge on any atom is -0.497 e. The number of hydrogen-bond acceptors (Lipinski definition) is 6. The van der Waals surface area contributed by atoms with Gasteiger partial charge < -0.3 is 14.0 Å². The summed E-state index contributed by atoms with van der Waals surface area (Å²) in [5.74, 6) is 0.0678. The molecule has 7 nitrogen and oxygen atoms in total. The van der Waals surface area contributed by atoms with Gasteiger partial charge in [-0.3, -0.25) is 9.36 Å². The Hall–Kier alpha value is -4.37. The van der Waals surface area contributed by atoms with Crippen LogP contribution in [-0.4, -0.2) is 28.8 Å². The Morgan fingerprint density at radius 2 is 1.78 bits per heavy atom. The third-order valence-electron chi connectivity index (χ3n) is 7.70. The van der Waals surface area contributed by atoms with Gasteiger partial charge >= 0.3 is 5.97 Å². The average molecular weight is 659 g/mol. The monoisotopic (exact) mass is 657 g/mol. The molecule has 3 heterocycles. The zero-order valence-corrected chi connectivity index (χ0v) is 27.3. The van der Waals surface area contributed by atoms with Crippen LogP contribution in [0.25, 0.3) is 17.5 Å². The summed E-state index contributed by atoms with van der Waals surface area (Å²) >= 11 is 13.8. The van der Waals surface area contributed by atoms with Crippen molar-refractivity contribution in [3.05, 3.63) is 142 Å². The summed E-state index contributed by atoms with van der Waals surface area (Å²) in [6, 6.07) is 23.6. The normalized spacial score (nSPS) is 14.7. The predicted octanol–water partition coefficient (Wildman–Crippen LogP) is 6.66. The van der Waals surface area contributed by atoms with E-state index in [1.54, 1.807) is 24.7 Å². The molecule has 3 aromatic carbocycles. The van der Waals surface area contributed by atoms with Crippen LogP contribution in [-0.2, 0) is 9.53 Å². The van der Waals surface area contributed by atoms with Crippen LogP contribution in [0.15, 0.2) is 94.2 Å². The Morgan fingerprint density at radius 1 is 1.00 bits per heavy atom. The number of thiazole rings is 1. The van der Waals surface area contributed by atoms with E-state index in [1.807, 2.05) is 92.7 Å². The quantitative estimate of drug-likeness (QED) is 0.184. The number of carbonyl (C=O) groups excluding carboxylic acids is 1. The van der Waals surface area contributed by atoms with Crippen molar-refractivity contribution in [1.82, 2.24) is 9.13 Å². The Morgan fingerprint density at radius 3 is 2.49 bits per heavy atom. The summed E-state index contributed by atoms with van der Waals surface area (Å²) < 4.78 is 15.2. The second-order valence-electron chi connectivity index (χ2n) is 10.5. The average Bonchev–Trinajstić information content (AvgIpc) is 3.51. The van der Waals surface area contributed by atoms with Gasteiger partial charge in [0.05, 0.1) is 45.6 Å². The van der Waals surface area contributed by atoms with Crippen molar-refractivity contribution in [1.29, 1.82) is 0 Å². The number of aryl methyl sites for hydroxylation is 1. The van der Waals surface area contributed by atoms with Crippen molar-refractivity contribution >= 4 is 52.3 Å². The second kappa shape index (κ2) is 12.6. The van der Waals surface area contributed by atoms with E-state index in [-0.39, 0.29) is 17.7 Å². The van der Waals surface area contributed by atoms with Gasteiger partial charge in [0.1, 0.15) is 5.75 Å². The zero-order chi connectivity index (χ0) is 31.8. The highest BCUT2D eigenvalue weighted by Gasteiger charge is 2.35. The molecule has 1 aliphatic heterocycles. The summed E-state index contributed by atoms with van der Waals surface area (Å²) in [7, 11) is 1.58. The molecular weight excluding hydrogens is 629 g/mol. The standard InChI is InChI=1S/C35H29Cl2N3O4S/c1-5-44-34(42)30-31(22-10-7-6-8-11-22)38-35-40(32(30)23-12-9-13-26(17-23)43-4)33(41)29(45-35)18-24-16-20(2)39(21(24)3)25-14-15-27(36)28(37)19-25/h6-19,32H,5H2,1-4H3/b29-18-/t32-/m1/s1. The lowest BCUT2D eigenvalue weighted by Gasteiger charge is -2.26. The summed E-state index contributed by atoms with van der Waals surface area (Å²) in [5.41, 5.74) is 5.57. The predicted molar refractivity (Wildman–Crippen MR) is 179 cm³/mol. The topological polar surface area (TPSA) is 74.8 Å². The number of rotatable bonds is 7. The Kier molecular flexibility index (Phi) is 8.55. The maximum atomic E-state index is 14.3. The molecule has 0 fully saturated rings. The van der Waals surface area contributed by atoms with Crippen LogP contribution < -0.4 is 19.6 Å². The van der Waals surface area contributed by atoms with Crippen LogP contribution >= 0.6 is 34.5 Å².